The Morgan fingerprint density at radius 2 is 1.76 bits per heavy atom. The van der Waals surface area contributed by atoms with Crippen molar-refractivity contribution >= 4 is 11.9 Å². The second-order valence-corrected chi connectivity index (χ2v) is 8.16. The van der Waals surface area contributed by atoms with E-state index in [-0.39, 0.29) is 17.4 Å². The van der Waals surface area contributed by atoms with Crippen LogP contribution < -0.4 is 25.4 Å². The zero-order valence-electron chi connectivity index (χ0n) is 19.4. The molecule has 1 aliphatic carbocycles. The second kappa shape index (κ2) is 11.2. The molecule has 0 aromatic heterocycles. The standard InChI is InChI=1S/C25H31N5O3/c1-27-24(29-17-26)30-20-9-11-25(12-10-20,19-7-5-4-6-8-19)16-28-23(31)18-13-21(32-2)15-22(14-18)33-3/h4-8,13-15,20H,9-12,16H2,1-3H3,(H,28,31)(H2,27,29,30)/t20-,25-. The summed E-state index contributed by atoms with van der Waals surface area (Å²) in [6.45, 7) is 0.521. The summed E-state index contributed by atoms with van der Waals surface area (Å²) in [6, 6.07) is 15.7. The number of nitrogens with one attached hydrogen (secondary N) is 3. The Bertz CT molecular complexity index is 986. The van der Waals surface area contributed by atoms with Gasteiger partial charge in [0.2, 0.25) is 12.2 Å². The molecule has 174 valence electrons. The summed E-state index contributed by atoms with van der Waals surface area (Å²) in [5.74, 6) is 1.46. The van der Waals surface area contributed by atoms with Gasteiger partial charge >= 0.3 is 0 Å². The van der Waals surface area contributed by atoms with Crippen LogP contribution in [0.1, 0.15) is 41.6 Å². The molecule has 1 amide bonds. The van der Waals surface area contributed by atoms with E-state index in [1.165, 1.54) is 5.56 Å². The lowest BCUT2D eigenvalue weighted by molar-refractivity contribution is 0.0934. The van der Waals surface area contributed by atoms with E-state index in [4.69, 9.17) is 14.7 Å². The lowest BCUT2D eigenvalue weighted by atomic mass is 9.68. The van der Waals surface area contributed by atoms with E-state index in [1.807, 2.05) is 24.4 Å². The third-order valence-electron chi connectivity index (χ3n) is 6.27. The largest absolute Gasteiger partial charge is 0.497 e. The van der Waals surface area contributed by atoms with Crippen LogP contribution in [-0.4, -0.2) is 45.7 Å². The number of nitriles is 1. The van der Waals surface area contributed by atoms with Gasteiger partial charge in [-0.15, -0.1) is 4.99 Å². The lowest BCUT2D eigenvalue weighted by Crippen LogP contribution is -2.49. The van der Waals surface area contributed by atoms with E-state index in [0.29, 0.717) is 29.6 Å². The number of methoxy groups -OCH3 is 2. The van der Waals surface area contributed by atoms with Crippen molar-refractivity contribution in [3.63, 3.8) is 0 Å². The number of guanidine groups is 1. The molecule has 0 unspecified atom stereocenters. The van der Waals surface area contributed by atoms with Gasteiger partial charge in [0.25, 0.3) is 5.91 Å². The van der Waals surface area contributed by atoms with E-state index in [0.717, 1.165) is 25.7 Å². The van der Waals surface area contributed by atoms with Crippen molar-refractivity contribution in [2.45, 2.75) is 37.1 Å². The Morgan fingerprint density at radius 1 is 1.12 bits per heavy atom. The Kier molecular flexibility index (Phi) is 8.14. The molecule has 8 nitrogen and oxygen atoms in total. The van der Waals surface area contributed by atoms with E-state index >= 15 is 0 Å². The highest BCUT2D eigenvalue weighted by Crippen LogP contribution is 2.39. The third kappa shape index (κ3) is 5.95. The molecular weight excluding hydrogens is 418 g/mol. The van der Waals surface area contributed by atoms with Crippen LogP contribution in [0.5, 0.6) is 11.5 Å². The van der Waals surface area contributed by atoms with Crippen molar-refractivity contribution in [1.82, 2.24) is 16.0 Å². The summed E-state index contributed by atoms with van der Waals surface area (Å²) in [5, 5.41) is 18.2. The molecule has 1 fully saturated rings. The predicted octanol–water partition coefficient (Wildman–Crippen LogP) is 2.96. The minimum atomic E-state index is -0.176. The van der Waals surface area contributed by atoms with Gasteiger partial charge in [-0.1, -0.05) is 30.3 Å². The monoisotopic (exact) mass is 449 g/mol. The van der Waals surface area contributed by atoms with Crippen LogP contribution in [0.4, 0.5) is 0 Å². The van der Waals surface area contributed by atoms with Crippen molar-refractivity contribution in [2.75, 3.05) is 27.8 Å². The molecule has 0 radical (unpaired) electrons. The van der Waals surface area contributed by atoms with Gasteiger partial charge in [-0.05, 0) is 43.4 Å². The SMILES string of the molecule is CN/C(=N\C#N)N[C@H]1CC[C@](CNC(=O)c2cc(OC)cc(OC)c2)(c2ccccc2)CC1. The molecule has 1 saturated carbocycles. The van der Waals surface area contributed by atoms with Crippen LogP contribution in [-0.2, 0) is 5.41 Å². The quantitative estimate of drug-likeness (QED) is 0.341. The highest BCUT2D eigenvalue weighted by Gasteiger charge is 2.37. The maximum absolute atomic E-state index is 13.0. The minimum absolute atomic E-state index is 0.165. The second-order valence-electron chi connectivity index (χ2n) is 8.16. The number of carbonyl (C=O) groups excluding carboxylic acids is 1. The number of hydrogen-bond acceptors (Lipinski definition) is 5. The van der Waals surface area contributed by atoms with Gasteiger partial charge in [0.05, 0.1) is 14.2 Å². The minimum Gasteiger partial charge on any atom is -0.497 e. The fourth-order valence-electron chi connectivity index (χ4n) is 4.37. The van der Waals surface area contributed by atoms with Crippen LogP contribution in [0.3, 0.4) is 0 Å². The van der Waals surface area contributed by atoms with Crippen molar-refractivity contribution < 1.29 is 14.3 Å². The summed E-state index contributed by atoms with van der Waals surface area (Å²) < 4.78 is 10.6. The molecule has 2 aromatic carbocycles. The van der Waals surface area contributed by atoms with Gasteiger partial charge in [0, 0.05) is 36.7 Å². The molecular formula is C25H31N5O3. The molecule has 8 heteroatoms. The van der Waals surface area contributed by atoms with Gasteiger partial charge in [-0.25, -0.2) is 0 Å². The molecule has 0 atom stereocenters. The molecule has 0 spiro atoms. The fourth-order valence-corrected chi connectivity index (χ4v) is 4.37. The smallest absolute Gasteiger partial charge is 0.251 e. The number of benzene rings is 2. The first kappa shape index (κ1) is 23.9. The lowest BCUT2D eigenvalue weighted by Gasteiger charge is -2.41. The van der Waals surface area contributed by atoms with Gasteiger partial charge in [0.15, 0.2) is 0 Å². The number of ether oxygens (including phenoxy) is 2. The van der Waals surface area contributed by atoms with E-state index < -0.39 is 0 Å². The Labute approximate surface area is 195 Å². The number of amides is 1. The molecule has 3 rings (SSSR count). The van der Waals surface area contributed by atoms with Crippen LogP contribution in [0.25, 0.3) is 0 Å². The van der Waals surface area contributed by atoms with Crippen LogP contribution >= 0.6 is 0 Å². The van der Waals surface area contributed by atoms with Gasteiger partial charge in [-0.3, -0.25) is 4.79 Å². The molecule has 33 heavy (non-hydrogen) atoms. The zero-order chi connectivity index (χ0) is 23.7. The van der Waals surface area contributed by atoms with Crippen molar-refractivity contribution in [3.8, 4) is 17.7 Å². The van der Waals surface area contributed by atoms with E-state index in [9.17, 15) is 4.79 Å². The molecule has 0 aliphatic heterocycles. The fraction of sp³-hybridized carbons (Fsp3) is 0.400. The van der Waals surface area contributed by atoms with Crippen molar-refractivity contribution in [2.24, 2.45) is 4.99 Å². The molecule has 0 heterocycles. The normalized spacial score (nSPS) is 20.3. The molecule has 0 bridgehead atoms. The highest BCUT2D eigenvalue weighted by molar-refractivity contribution is 5.95. The van der Waals surface area contributed by atoms with Gasteiger partial charge in [0.1, 0.15) is 11.5 Å². The zero-order valence-corrected chi connectivity index (χ0v) is 19.4. The molecule has 1 aliphatic rings. The third-order valence-corrected chi connectivity index (χ3v) is 6.27. The van der Waals surface area contributed by atoms with E-state index in [1.54, 1.807) is 39.5 Å². The summed E-state index contributed by atoms with van der Waals surface area (Å²) in [4.78, 5) is 16.8. The maximum Gasteiger partial charge on any atom is 0.251 e. The first-order valence-corrected chi connectivity index (χ1v) is 11.0. The summed E-state index contributed by atoms with van der Waals surface area (Å²) >= 11 is 0. The Balaban J connectivity index is 1.75. The Hall–Kier alpha value is -3.73. The number of aliphatic imine (C=N–C) groups is 1. The summed E-state index contributed by atoms with van der Waals surface area (Å²) in [7, 11) is 4.87. The molecule has 2 aromatic rings. The van der Waals surface area contributed by atoms with Crippen molar-refractivity contribution in [1.29, 1.82) is 5.26 Å². The number of carbonyl (C=O) groups is 1. The highest BCUT2D eigenvalue weighted by atomic mass is 16.5. The number of hydrogen-bond donors (Lipinski definition) is 3. The first-order valence-electron chi connectivity index (χ1n) is 11.0. The Morgan fingerprint density at radius 3 is 2.30 bits per heavy atom. The van der Waals surface area contributed by atoms with Crippen LogP contribution in [0.15, 0.2) is 53.5 Å². The summed E-state index contributed by atoms with van der Waals surface area (Å²) in [5.41, 5.74) is 1.53. The van der Waals surface area contributed by atoms with Gasteiger partial charge in [-0.2, -0.15) is 5.26 Å². The van der Waals surface area contributed by atoms with Crippen LogP contribution in [0, 0.1) is 11.5 Å². The average Bonchev–Trinajstić information content (AvgIpc) is 2.88. The van der Waals surface area contributed by atoms with Crippen LogP contribution in [0.2, 0.25) is 0 Å². The van der Waals surface area contributed by atoms with Gasteiger partial charge < -0.3 is 25.4 Å². The first-order chi connectivity index (χ1) is 16.0. The maximum atomic E-state index is 13.0. The topological polar surface area (TPSA) is 108 Å². The molecule has 3 N–H and O–H groups in total. The average molecular weight is 450 g/mol. The summed E-state index contributed by atoms with van der Waals surface area (Å²) in [6.07, 6.45) is 5.38. The number of rotatable bonds is 7. The predicted molar refractivity (Wildman–Crippen MR) is 127 cm³/mol. The number of nitrogens with zero attached hydrogens (tertiary/aromatic N) is 2. The van der Waals surface area contributed by atoms with E-state index in [2.05, 4.69) is 33.1 Å². The van der Waals surface area contributed by atoms with Crippen molar-refractivity contribution in [3.05, 3.63) is 59.7 Å². The molecule has 0 saturated heterocycles.